The number of hydrogen-bond acceptors (Lipinski definition) is 6. The summed E-state index contributed by atoms with van der Waals surface area (Å²) >= 11 is 5.89. The van der Waals surface area contributed by atoms with Crippen LogP contribution in [0.4, 0.5) is 10.1 Å². The van der Waals surface area contributed by atoms with Gasteiger partial charge in [0, 0.05) is 31.4 Å². The van der Waals surface area contributed by atoms with E-state index in [1.807, 2.05) is 0 Å². The highest BCUT2D eigenvalue weighted by atomic mass is 35.5. The molecule has 3 aliphatic heterocycles. The molecule has 1 amide bonds. The SMILES string of the molecule is O=C(Nc1ccc(F)c(Cl)c1)C1OC2OC3(CCCCC3)OC2C2OC3(CCCCC3)OC12. The molecule has 5 unspecified atom stereocenters. The summed E-state index contributed by atoms with van der Waals surface area (Å²) in [4.78, 5) is 13.3. The third kappa shape index (κ3) is 3.98. The molecule has 1 aromatic carbocycles. The Morgan fingerprint density at radius 3 is 2.15 bits per heavy atom. The van der Waals surface area contributed by atoms with Gasteiger partial charge in [0.2, 0.25) is 0 Å². The fraction of sp³-hybridized carbons (Fsp3) is 0.708. The van der Waals surface area contributed by atoms with Crippen molar-refractivity contribution in [2.75, 3.05) is 5.32 Å². The topological polar surface area (TPSA) is 75.3 Å². The molecule has 3 saturated heterocycles. The van der Waals surface area contributed by atoms with Crippen molar-refractivity contribution >= 4 is 23.2 Å². The molecule has 180 valence electrons. The molecule has 0 radical (unpaired) electrons. The van der Waals surface area contributed by atoms with Crippen LogP contribution in [0.5, 0.6) is 0 Å². The number of amides is 1. The standard InChI is InChI=1S/C24H29ClFNO6/c25-15-13-14(7-8-16(15)26)27-21(28)19-17-18(31-23(30-17)9-3-1-4-10-23)20-22(29-19)33-24(32-20)11-5-2-6-12-24/h7-8,13,17-20,22H,1-6,9-12H2,(H,27,28). The predicted molar refractivity (Wildman–Crippen MR) is 116 cm³/mol. The monoisotopic (exact) mass is 481 g/mol. The number of nitrogens with one attached hydrogen (secondary N) is 1. The smallest absolute Gasteiger partial charge is 0.256 e. The van der Waals surface area contributed by atoms with Crippen molar-refractivity contribution in [3.63, 3.8) is 0 Å². The lowest BCUT2D eigenvalue weighted by molar-refractivity contribution is -0.246. The lowest BCUT2D eigenvalue weighted by Gasteiger charge is -2.36. The number of hydrogen-bond donors (Lipinski definition) is 1. The molecule has 5 fully saturated rings. The predicted octanol–water partition coefficient (Wildman–Crippen LogP) is 4.66. The van der Waals surface area contributed by atoms with Gasteiger partial charge in [0.05, 0.1) is 5.02 Å². The zero-order valence-electron chi connectivity index (χ0n) is 18.4. The number of rotatable bonds is 2. The zero-order valence-corrected chi connectivity index (χ0v) is 19.2. The molecule has 33 heavy (non-hydrogen) atoms. The van der Waals surface area contributed by atoms with Crippen molar-refractivity contribution in [2.24, 2.45) is 0 Å². The summed E-state index contributed by atoms with van der Waals surface area (Å²) in [6.45, 7) is 0. The highest BCUT2D eigenvalue weighted by molar-refractivity contribution is 6.31. The molecule has 1 N–H and O–H groups in total. The molecular weight excluding hydrogens is 453 g/mol. The minimum atomic E-state index is -0.955. The summed E-state index contributed by atoms with van der Waals surface area (Å²) in [6, 6.07) is 4.05. The Hall–Kier alpha value is -1.29. The number of carbonyl (C=O) groups excluding carboxylic acids is 1. The van der Waals surface area contributed by atoms with Crippen LogP contribution in [0.3, 0.4) is 0 Å². The fourth-order valence-corrected chi connectivity index (χ4v) is 6.14. The third-order valence-corrected chi connectivity index (χ3v) is 7.84. The Labute approximate surface area is 197 Å². The minimum Gasteiger partial charge on any atom is -0.341 e. The van der Waals surface area contributed by atoms with E-state index in [1.54, 1.807) is 0 Å². The van der Waals surface area contributed by atoms with Crippen molar-refractivity contribution in [2.45, 2.75) is 106 Å². The Balaban J connectivity index is 1.27. The van der Waals surface area contributed by atoms with Gasteiger partial charge in [0.15, 0.2) is 24.0 Å². The Morgan fingerprint density at radius 2 is 1.48 bits per heavy atom. The summed E-state index contributed by atoms with van der Waals surface area (Å²) in [5, 5.41) is 2.72. The van der Waals surface area contributed by atoms with Crippen molar-refractivity contribution in [1.29, 1.82) is 0 Å². The highest BCUT2D eigenvalue weighted by Crippen LogP contribution is 2.51. The van der Waals surface area contributed by atoms with Crippen LogP contribution in [0, 0.1) is 5.82 Å². The van der Waals surface area contributed by atoms with Crippen molar-refractivity contribution in [1.82, 2.24) is 0 Å². The molecule has 7 nitrogen and oxygen atoms in total. The van der Waals surface area contributed by atoms with Gasteiger partial charge in [0.25, 0.3) is 5.91 Å². The first-order chi connectivity index (χ1) is 16.0. The second kappa shape index (κ2) is 8.43. The van der Waals surface area contributed by atoms with Crippen LogP contribution >= 0.6 is 11.6 Å². The summed E-state index contributed by atoms with van der Waals surface area (Å²) < 4.78 is 45.6. The van der Waals surface area contributed by atoms with Crippen LogP contribution in [0.15, 0.2) is 18.2 Å². The van der Waals surface area contributed by atoms with Gasteiger partial charge in [0.1, 0.15) is 24.1 Å². The van der Waals surface area contributed by atoms with Gasteiger partial charge in [-0.05, 0) is 43.9 Å². The Morgan fingerprint density at radius 1 is 0.879 bits per heavy atom. The maximum Gasteiger partial charge on any atom is 0.256 e. The zero-order chi connectivity index (χ0) is 22.6. The number of anilines is 1. The highest BCUT2D eigenvalue weighted by Gasteiger charge is 2.65. The van der Waals surface area contributed by atoms with Gasteiger partial charge in [-0.3, -0.25) is 4.79 Å². The van der Waals surface area contributed by atoms with E-state index >= 15 is 0 Å². The second-order valence-corrected chi connectivity index (χ2v) is 10.3. The number of ether oxygens (including phenoxy) is 5. The minimum absolute atomic E-state index is 0.0660. The molecular formula is C24H29ClFNO6. The van der Waals surface area contributed by atoms with E-state index in [-0.39, 0.29) is 5.02 Å². The van der Waals surface area contributed by atoms with Gasteiger partial charge in [-0.1, -0.05) is 24.4 Å². The van der Waals surface area contributed by atoms with E-state index in [2.05, 4.69) is 5.32 Å². The van der Waals surface area contributed by atoms with Crippen LogP contribution in [-0.2, 0) is 28.5 Å². The summed E-state index contributed by atoms with van der Waals surface area (Å²) in [7, 11) is 0. The van der Waals surface area contributed by atoms with Crippen molar-refractivity contribution < 1.29 is 32.9 Å². The number of fused-ring (bicyclic) bond motifs is 3. The summed E-state index contributed by atoms with van der Waals surface area (Å²) in [5.41, 5.74) is 0.382. The normalized spacial score (nSPS) is 36.5. The summed E-state index contributed by atoms with van der Waals surface area (Å²) in [6.07, 6.45) is 6.37. The van der Waals surface area contributed by atoms with Gasteiger partial charge in [-0.25, -0.2) is 4.39 Å². The van der Waals surface area contributed by atoms with E-state index in [4.69, 9.17) is 35.3 Å². The first-order valence-corrected chi connectivity index (χ1v) is 12.5. The molecule has 2 aliphatic carbocycles. The average molecular weight is 482 g/mol. The molecule has 3 heterocycles. The third-order valence-electron chi connectivity index (χ3n) is 7.55. The van der Waals surface area contributed by atoms with E-state index in [0.29, 0.717) is 5.69 Å². The van der Waals surface area contributed by atoms with Gasteiger partial charge < -0.3 is 29.0 Å². The lowest BCUT2D eigenvalue weighted by atomic mass is 9.94. The first kappa shape index (κ1) is 22.2. The van der Waals surface area contributed by atoms with Gasteiger partial charge >= 0.3 is 0 Å². The maximum absolute atomic E-state index is 13.6. The van der Waals surface area contributed by atoms with Crippen LogP contribution in [0.25, 0.3) is 0 Å². The van der Waals surface area contributed by atoms with E-state index in [1.165, 1.54) is 18.2 Å². The van der Waals surface area contributed by atoms with Crippen molar-refractivity contribution in [3.8, 4) is 0 Å². The van der Waals surface area contributed by atoms with Crippen molar-refractivity contribution in [3.05, 3.63) is 29.0 Å². The molecule has 0 bridgehead atoms. The van der Waals surface area contributed by atoms with E-state index in [0.717, 1.165) is 64.2 Å². The first-order valence-electron chi connectivity index (χ1n) is 12.1. The van der Waals surface area contributed by atoms with Crippen LogP contribution in [-0.4, -0.2) is 48.2 Å². The molecule has 5 aliphatic rings. The second-order valence-electron chi connectivity index (χ2n) is 9.85. The summed E-state index contributed by atoms with van der Waals surface area (Å²) in [5.74, 6) is -2.35. The number of halogens is 2. The fourth-order valence-electron chi connectivity index (χ4n) is 5.96. The van der Waals surface area contributed by atoms with E-state index in [9.17, 15) is 9.18 Å². The molecule has 0 aromatic heterocycles. The molecule has 5 atom stereocenters. The Kier molecular flexibility index (Phi) is 5.67. The molecule has 2 saturated carbocycles. The van der Waals surface area contributed by atoms with E-state index < -0.39 is 54.0 Å². The molecule has 6 rings (SSSR count). The van der Waals surface area contributed by atoms with Gasteiger partial charge in [-0.2, -0.15) is 0 Å². The quantitative estimate of drug-likeness (QED) is 0.662. The van der Waals surface area contributed by atoms with Crippen LogP contribution < -0.4 is 5.32 Å². The molecule has 1 aromatic rings. The Bertz CT molecular complexity index is 918. The van der Waals surface area contributed by atoms with Crippen LogP contribution in [0.1, 0.15) is 64.2 Å². The molecule has 2 spiro atoms. The molecule has 9 heteroatoms. The largest absolute Gasteiger partial charge is 0.341 e. The number of carbonyl (C=O) groups is 1. The van der Waals surface area contributed by atoms with Crippen LogP contribution in [0.2, 0.25) is 5.02 Å². The lowest BCUT2D eigenvalue weighted by Crippen LogP contribution is -2.58. The maximum atomic E-state index is 13.6. The number of benzene rings is 1. The van der Waals surface area contributed by atoms with Gasteiger partial charge in [-0.15, -0.1) is 0 Å². The average Bonchev–Trinajstić information content (AvgIpc) is 3.34.